The van der Waals surface area contributed by atoms with Crippen LogP contribution in [0.4, 0.5) is 22.7 Å². The lowest BCUT2D eigenvalue weighted by molar-refractivity contribution is -0.873. The van der Waals surface area contributed by atoms with Crippen LogP contribution in [0.2, 0.25) is 0 Å². The van der Waals surface area contributed by atoms with E-state index in [1.54, 1.807) is 14.2 Å². The standard InChI is InChI=1S/C14H23N3O.C10H16N2O/c1-4-9-17(2)10-5-8-16-12-6-7-13(15)14(11-12)18-3;1-3-6-12-8-4-5-9(11)10(7-8)13-2/h4,6-7,11,16H,1,5,8-10,15H2,2-3H3;4-5,7,12H,3,6,11H2,1-2H3/p+1. The van der Waals surface area contributed by atoms with E-state index in [1.807, 2.05) is 42.5 Å². The maximum Gasteiger partial charge on any atom is 0.143 e. The van der Waals surface area contributed by atoms with Gasteiger partial charge in [0.25, 0.3) is 0 Å². The Morgan fingerprint density at radius 3 is 1.90 bits per heavy atom. The zero-order chi connectivity index (χ0) is 23.1. The number of methoxy groups -OCH3 is 2. The molecule has 7 heteroatoms. The minimum absolute atomic E-state index is 0.665. The quantitative estimate of drug-likeness (QED) is 0.202. The van der Waals surface area contributed by atoms with Gasteiger partial charge >= 0.3 is 0 Å². The molecule has 31 heavy (non-hydrogen) atoms. The second kappa shape index (κ2) is 14.8. The molecule has 0 aliphatic rings. The molecule has 0 radical (unpaired) electrons. The van der Waals surface area contributed by atoms with E-state index in [4.69, 9.17) is 20.9 Å². The number of benzene rings is 2. The minimum atomic E-state index is 0.665. The second-order valence-electron chi connectivity index (χ2n) is 7.32. The predicted molar refractivity (Wildman–Crippen MR) is 134 cm³/mol. The van der Waals surface area contributed by atoms with E-state index in [0.29, 0.717) is 11.4 Å². The summed E-state index contributed by atoms with van der Waals surface area (Å²) >= 11 is 0. The molecule has 0 spiro atoms. The molecule has 0 aromatic heterocycles. The fourth-order valence-electron chi connectivity index (χ4n) is 2.88. The first-order chi connectivity index (χ1) is 14.9. The van der Waals surface area contributed by atoms with Crippen molar-refractivity contribution in [2.75, 3.05) is 69.5 Å². The van der Waals surface area contributed by atoms with E-state index in [-0.39, 0.29) is 0 Å². The number of quaternary nitrogens is 1. The second-order valence-corrected chi connectivity index (χ2v) is 7.32. The van der Waals surface area contributed by atoms with Crippen molar-refractivity contribution in [3.05, 3.63) is 49.1 Å². The van der Waals surface area contributed by atoms with Crippen molar-refractivity contribution >= 4 is 22.7 Å². The summed E-state index contributed by atoms with van der Waals surface area (Å²) in [6.45, 7) is 9.92. The largest absolute Gasteiger partial charge is 0.495 e. The van der Waals surface area contributed by atoms with E-state index in [9.17, 15) is 0 Å². The van der Waals surface area contributed by atoms with Crippen LogP contribution in [0, 0.1) is 0 Å². The third-order valence-electron chi connectivity index (χ3n) is 4.65. The van der Waals surface area contributed by atoms with Crippen LogP contribution in [0.5, 0.6) is 11.5 Å². The zero-order valence-electron chi connectivity index (χ0n) is 19.5. The summed E-state index contributed by atoms with van der Waals surface area (Å²) in [6, 6.07) is 11.5. The summed E-state index contributed by atoms with van der Waals surface area (Å²) in [6.07, 6.45) is 4.17. The highest BCUT2D eigenvalue weighted by molar-refractivity contribution is 5.62. The van der Waals surface area contributed by atoms with Crippen molar-refractivity contribution in [1.29, 1.82) is 0 Å². The molecule has 7 N–H and O–H groups in total. The summed E-state index contributed by atoms with van der Waals surface area (Å²) in [7, 11) is 5.42. The number of nitrogens with two attached hydrogens (primary N) is 2. The first kappa shape index (κ1) is 26.0. The van der Waals surface area contributed by atoms with Crippen molar-refractivity contribution in [2.24, 2.45) is 0 Å². The Balaban J connectivity index is 0.000000327. The van der Waals surface area contributed by atoms with Gasteiger partial charge in [0.1, 0.15) is 11.5 Å². The van der Waals surface area contributed by atoms with Gasteiger partial charge in [-0.15, -0.1) is 0 Å². The molecule has 0 saturated heterocycles. The fraction of sp³-hybridized carbons (Fsp3) is 0.417. The maximum atomic E-state index is 5.76. The fourth-order valence-corrected chi connectivity index (χ4v) is 2.88. The van der Waals surface area contributed by atoms with Crippen molar-refractivity contribution in [3.63, 3.8) is 0 Å². The lowest BCUT2D eigenvalue weighted by Crippen LogP contribution is -3.08. The van der Waals surface area contributed by atoms with Crippen LogP contribution in [0.1, 0.15) is 19.8 Å². The molecule has 172 valence electrons. The highest BCUT2D eigenvalue weighted by atomic mass is 16.5. The van der Waals surface area contributed by atoms with E-state index >= 15 is 0 Å². The zero-order valence-corrected chi connectivity index (χ0v) is 19.5. The Labute approximate surface area is 187 Å². The molecule has 0 aliphatic carbocycles. The van der Waals surface area contributed by atoms with Gasteiger partial charge in [0.2, 0.25) is 0 Å². The normalized spacial score (nSPS) is 11.0. The molecule has 1 atom stereocenters. The number of hydrogen-bond donors (Lipinski definition) is 5. The Morgan fingerprint density at radius 1 is 0.935 bits per heavy atom. The molecule has 0 bridgehead atoms. The first-order valence-electron chi connectivity index (χ1n) is 10.7. The summed E-state index contributed by atoms with van der Waals surface area (Å²) in [5.41, 5.74) is 14.9. The van der Waals surface area contributed by atoms with Crippen LogP contribution < -0.4 is 36.5 Å². The average molecular weight is 431 g/mol. The van der Waals surface area contributed by atoms with Crippen LogP contribution in [0.3, 0.4) is 0 Å². The lowest BCUT2D eigenvalue weighted by atomic mass is 10.2. The smallest absolute Gasteiger partial charge is 0.143 e. The SMILES string of the molecule is C=CC[NH+](C)CCCNc1ccc(N)c(OC)c1.CCCNc1ccc(N)c(OC)c1. The molecule has 1 unspecified atom stereocenters. The molecule has 7 nitrogen and oxygen atoms in total. The number of hydrogen-bond acceptors (Lipinski definition) is 6. The van der Waals surface area contributed by atoms with E-state index in [1.165, 1.54) is 4.90 Å². The number of ether oxygens (including phenoxy) is 2. The highest BCUT2D eigenvalue weighted by Crippen LogP contribution is 2.25. The average Bonchev–Trinajstić information content (AvgIpc) is 2.77. The minimum Gasteiger partial charge on any atom is -0.495 e. The van der Waals surface area contributed by atoms with Gasteiger partial charge in [0.05, 0.1) is 45.7 Å². The monoisotopic (exact) mass is 430 g/mol. The lowest BCUT2D eigenvalue weighted by Gasteiger charge is -2.13. The molecule has 0 fully saturated rings. The predicted octanol–water partition coefficient (Wildman–Crippen LogP) is 2.88. The van der Waals surface area contributed by atoms with E-state index in [0.717, 1.165) is 61.9 Å². The molecule has 0 heterocycles. The van der Waals surface area contributed by atoms with Crippen LogP contribution in [0.25, 0.3) is 0 Å². The topological polar surface area (TPSA) is 99.0 Å². The first-order valence-corrected chi connectivity index (χ1v) is 10.7. The van der Waals surface area contributed by atoms with Crippen molar-refractivity contribution in [2.45, 2.75) is 19.8 Å². The third kappa shape index (κ3) is 10.00. The van der Waals surface area contributed by atoms with Gasteiger partial charge in [-0.1, -0.05) is 13.5 Å². The molecule has 0 saturated carbocycles. The highest BCUT2D eigenvalue weighted by Gasteiger charge is 2.02. The van der Waals surface area contributed by atoms with E-state index in [2.05, 4.69) is 31.2 Å². The maximum absolute atomic E-state index is 5.76. The van der Waals surface area contributed by atoms with Crippen LogP contribution in [-0.4, -0.2) is 47.4 Å². The number of likely N-dealkylation sites (N-methyl/N-ethyl adjacent to an activating group) is 1. The number of anilines is 4. The summed E-state index contributed by atoms with van der Waals surface area (Å²) in [5, 5.41) is 6.63. The van der Waals surface area contributed by atoms with Crippen LogP contribution >= 0.6 is 0 Å². The number of nitrogens with one attached hydrogen (secondary N) is 3. The van der Waals surface area contributed by atoms with Crippen LogP contribution in [-0.2, 0) is 0 Å². The summed E-state index contributed by atoms with van der Waals surface area (Å²) in [4.78, 5) is 1.47. The van der Waals surface area contributed by atoms with E-state index < -0.39 is 0 Å². The molecule has 0 amide bonds. The molecule has 2 rings (SSSR count). The van der Waals surface area contributed by atoms with Crippen molar-refractivity contribution in [3.8, 4) is 11.5 Å². The molecular weight excluding hydrogens is 390 g/mol. The molecule has 0 aliphatic heterocycles. The molecule has 2 aromatic rings. The number of rotatable bonds is 12. The van der Waals surface area contributed by atoms with Crippen LogP contribution in [0.15, 0.2) is 49.1 Å². The van der Waals surface area contributed by atoms with Gasteiger partial charge in [-0.05, 0) is 36.8 Å². The summed E-state index contributed by atoms with van der Waals surface area (Å²) in [5.74, 6) is 1.44. The molecule has 2 aromatic carbocycles. The van der Waals surface area contributed by atoms with Gasteiger partial charge in [0.15, 0.2) is 0 Å². The summed E-state index contributed by atoms with van der Waals surface area (Å²) < 4.78 is 10.3. The Kier molecular flexibility index (Phi) is 12.4. The van der Waals surface area contributed by atoms with Gasteiger partial charge in [-0.3, -0.25) is 0 Å². The van der Waals surface area contributed by atoms with Crippen molar-refractivity contribution in [1.82, 2.24) is 0 Å². The van der Waals surface area contributed by atoms with Gasteiger partial charge in [-0.25, -0.2) is 0 Å². The third-order valence-corrected chi connectivity index (χ3v) is 4.65. The Morgan fingerprint density at radius 2 is 1.45 bits per heavy atom. The van der Waals surface area contributed by atoms with Gasteiger partial charge < -0.3 is 36.5 Å². The Hall–Kier alpha value is -3.06. The van der Waals surface area contributed by atoms with Gasteiger partial charge in [0, 0.05) is 43.0 Å². The van der Waals surface area contributed by atoms with Crippen molar-refractivity contribution < 1.29 is 14.4 Å². The Bertz CT molecular complexity index is 783. The molecular formula is C24H40N5O2+. The number of nitrogen functional groups attached to an aromatic ring is 2. The van der Waals surface area contributed by atoms with Gasteiger partial charge in [-0.2, -0.15) is 0 Å².